The number of fused-ring (bicyclic) bond motifs is 1. The molecular weight excluding hydrogens is 288 g/mol. The minimum Gasteiger partial charge on any atom is -0.361 e. The van der Waals surface area contributed by atoms with Gasteiger partial charge in [-0.05, 0) is 61.9 Å². The van der Waals surface area contributed by atoms with Gasteiger partial charge in [0, 0.05) is 29.4 Å². The largest absolute Gasteiger partial charge is 0.361 e. The molecule has 1 aromatic carbocycles. The molecule has 0 amide bonds. The number of hydrogen-bond donors (Lipinski definition) is 2. The van der Waals surface area contributed by atoms with Gasteiger partial charge >= 0.3 is 0 Å². The minimum atomic E-state index is 0.560. The number of H-pyrrole nitrogens is 1. The van der Waals surface area contributed by atoms with Crippen molar-refractivity contribution >= 4 is 10.9 Å². The number of nitrogens with one attached hydrogen (secondary N) is 1. The normalized spacial score (nSPS) is 14.7. The van der Waals surface area contributed by atoms with Crippen molar-refractivity contribution in [2.24, 2.45) is 5.73 Å². The standard InChI is InChI=1S/C18H22N4O/c19-9-8-14-11-20-16-7-4-12(10-15(14)16)2-1-3-17-21-18(22-23-17)13-5-6-13/h4,7,10-11,13,20H,1-3,5-6,8-9,19H2. The van der Waals surface area contributed by atoms with Crippen LogP contribution in [0.15, 0.2) is 28.9 Å². The summed E-state index contributed by atoms with van der Waals surface area (Å²) in [4.78, 5) is 7.80. The van der Waals surface area contributed by atoms with E-state index in [1.165, 1.54) is 34.9 Å². The Morgan fingerprint density at radius 2 is 2.13 bits per heavy atom. The number of rotatable bonds is 7. The Morgan fingerprint density at radius 1 is 1.22 bits per heavy atom. The zero-order chi connectivity index (χ0) is 15.6. The van der Waals surface area contributed by atoms with Crippen LogP contribution in [0.4, 0.5) is 0 Å². The lowest BCUT2D eigenvalue weighted by Crippen LogP contribution is -2.01. The second kappa shape index (κ2) is 6.16. The molecule has 4 rings (SSSR count). The summed E-state index contributed by atoms with van der Waals surface area (Å²) in [5.74, 6) is 2.24. The van der Waals surface area contributed by atoms with Gasteiger partial charge in [0.05, 0.1) is 0 Å². The van der Waals surface area contributed by atoms with E-state index in [2.05, 4.69) is 39.5 Å². The SMILES string of the molecule is NCCc1c[nH]c2ccc(CCCc3nc(C4CC4)no3)cc12. The number of nitrogens with two attached hydrogens (primary N) is 1. The van der Waals surface area contributed by atoms with E-state index >= 15 is 0 Å². The molecule has 0 spiro atoms. The zero-order valence-electron chi connectivity index (χ0n) is 13.2. The topological polar surface area (TPSA) is 80.7 Å². The van der Waals surface area contributed by atoms with Gasteiger partial charge in [-0.3, -0.25) is 0 Å². The second-order valence-electron chi connectivity index (χ2n) is 6.41. The first-order chi connectivity index (χ1) is 11.3. The van der Waals surface area contributed by atoms with E-state index in [1.54, 1.807) is 0 Å². The van der Waals surface area contributed by atoms with Crippen LogP contribution in [0.1, 0.15) is 48.0 Å². The van der Waals surface area contributed by atoms with Gasteiger partial charge in [-0.1, -0.05) is 11.2 Å². The Balaban J connectivity index is 1.39. The Kier molecular flexibility index (Phi) is 3.87. The Bertz CT molecular complexity index is 800. The van der Waals surface area contributed by atoms with Crippen LogP contribution < -0.4 is 5.73 Å². The highest BCUT2D eigenvalue weighted by Crippen LogP contribution is 2.38. The van der Waals surface area contributed by atoms with Crippen LogP contribution >= 0.6 is 0 Å². The van der Waals surface area contributed by atoms with Gasteiger partial charge in [0.25, 0.3) is 0 Å². The van der Waals surface area contributed by atoms with Crippen molar-refractivity contribution in [1.29, 1.82) is 0 Å². The first kappa shape index (κ1) is 14.5. The van der Waals surface area contributed by atoms with Crippen LogP contribution in [0.25, 0.3) is 10.9 Å². The first-order valence-electron chi connectivity index (χ1n) is 8.45. The molecule has 1 aliphatic carbocycles. The van der Waals surface area contributed by atoms with Gasteiger partial charge in [-0.25, -0.2) is 0 Å². The molecule has 0 saturated heterocycles. The smallest absolute Gasteiger partial charge is 0.226 e. The quantitative estimate of drug-likeness (QED) is 0.702. The van der Waals surface area contributed by atoms with Crippen LogP contribution in [0.3, 0.4) is 0 Å². The van der Waals surface area contributed by atoms with Crippen molar-refractivity contribution in [3.05, 3.63) is 47.2 Å². The molecule has 3 N–H and O–H groups in total. The molecule has 2 heterocycles. The van der Waals surface area contributed by atoms with Gasteiger partial charge < -0.3 is 15.2 Å². The number of hydrogen-bond acceptors (Lipinski definition) is 4. The van der Waals surface area contributed by atoms with Crippen LogP contribution in [0, 0.1) is 0 Å². The maximum Gasteiger partial charge on any atom is 0.226 e. The van der Waals surface area contributed by atoms with Crippen molar-refractivity contribution in [3.63, 3.8) is 0 Å². The lowest BCUT2D eigenvalue weighted by atomic mass is 10.0. The molecule has 120 valence electrons. The van der Waals surface area contributed by atoms with Crippen LogP contribution in [0.2, 0.25) is 0 Å². The number of nitrogens with zero attached hydrogens (tertiary/aromatic N) is 2. The molecule has 23 heavy (non-hydrogen) atoms. The average molecular weight is 310 g/mol. The Morgan fingerprint density at radius 3 is 2.96 bits per heavy atom. The molecule has 0 bridgehead atoms. The van der Waals surface area contributed by atoms with Crippen molar-refractivity contribution in [1.82, 2.24) is 15.1 Å². The van der Waals surface area contributed by atoms with Crippen molar-refractivity contribution in [2.45, 2.75) is 44.4 Å². The molecule has 0 atom stereocenters. The Labute approximate surface area is 135 Å². The zero-order valence-corrected chi connectivity index (χ0v) is 13.2. The lowest BCUT2D eigenvalue weighted by molar-refractivity contribution is 0.370. The van der Waals surface area contributed by atoms with E-state index in [9.17, 15) is 0 Å². The molecule has 1 fully saturated rings. The van der Waals surface area contributed by atoms with Gasteiger partial charge in [-0.2, -0.15) is 4.98 Å². The number of aromatic nitrogens is 3. The van der Waals surface area contributed by atoms with Crippen molar-refractivity contribution in [3.8, 4) is 0 Å². The maximum atomic E-state index is 5.68. The fourth-order valence-corrected chi connectivity index (χ4v) is 3.06. The summed E-state index contributed by atoms with van der Waals surface area (Å²) in [5.41, 5.74) is 9.51. The Hall–Kier alpha value is -2.14. The molecular formula is C18H22N4O. The molecule has 0 unspecified atom stereocenters. The summed E-state index contributed by atoms with van der Waals surface area (Å²) in [5, 5.41) is 5.36. The van der Waals surface area contributed by atoms with Gasteiger partial charge in [-0.15, -0.1) is 0 Å². The molecule has 1 saturated carbocycles. The summed E-state index contributed by atoms with van der Waals surface area (Å²) in [7, 11) is 0. The second-order valence-corrected chi connectivity index (χ2v) is 6.41. The van der Waals surface area contributed by atoms with E-state index in [1.807, 2.05) is 0 Å². The highest BCUT2D eigenvalue weighted by atomic mass is 16.5. The third-order valence-corrected chi connectivity index (χ3v) is 4.53. The molecule has 3 aromatic rings. The predicted molar refractivity (Wildman–Crippen MR) is 89.4 cm³/mol. The summed E-state index contributed by atoms with van der Waals surface area (Å²) < 4.78 is 5.33. The molecule has 1 aliphatic rings. The van der Waals surface area contributed by atoms with Crippen molar-refractivity contribution in [2.75, 3.05) is 6.54 Å². The minimum absolute atomic E-state index is 0.560. The lowest BCUT2D eigenvalue weighted by Gasteiger charge is -2.02. The van der Waals surface area contributed by atoms with Crippen LogP contribution in [-0.4, -0.2) is 21.7 Å². The summed E-state index contributed by atoms with van der Waals surface area (Å²) >= 11 is 0. The monoisotopic (exact) mass is 310 g/mol. The fraction of sp³-hybridized carbons (Fsp3) is 0.444. The number of benzene rings is 1. The maximum absolute atomic E-state index is 5.68. The van der Waals surface area contributed by atoms with Crippen LogP contribution in [0.5, 0.6) is 0 Å². The molecule has 5 nitrogen and oxygen atoms in total. The summed E-state index contributed by atoms with van der Waals surface area (Å²) in [6, 6.07) is 6.62. The molecule has 0 aliphatic heterocycles. The van der Waals surface area contributed by atoms with Gasteiger partial charge in [0.15, 0.2) is 5.82 Å². The average Bonchev–Trinajstić information content (AvgIpc) is 3.18. The molecule has 0 radical (unpaired) electrons. The van der Waals surface area contributed by atoms with Crippen LogP contribution in [-0.2, 0) is 19.3 Å². The highest BCUT2D eigenvalue weighted by molar-refractivity contribution is 5.83. The highest BCUT2D eigenvalue weighted by Gasteiger charge is 2.28. The van der Waals surface area contributed by atoms with E-state index in [0.29, 0.717) is 12.5 Å². The first-order valence-corrected chi connectivity index (χ1v) is 8.45. The van der Waals surface area contributed by atoms with E-state index in [0.717, 1.165) is 37.4 Å². The van der Waals surface area contributed by atoms with E-state index < -0.39 is 0 Å². The summed E-state index contributed by atoms with van der Waals surface area (Å²) in [6.07, 6.45) is 8.29. The predicted octanol–water partition coefficient (Wildman–Crippen LogP) is 3.10. The van der Waals surface area contributed by atoms with E-state index in [4.69, 9.17) is 10.3 Å². The molecule has 5 heteroatoms. The third-order valence-electron chi connectivity index (χ3n) is 4.53. The van der Waals surface area contributed by atoms with Gasteiger partial charge in [0.2, 0.25) is 5.89 Å². The van der Waals surface area contributed by atoms with E-state index in [-0.39, 0.29) is 0 Å². The number of aryl methyl sites for hydroxylation is 2. The van der Waals surface area contributed by atoms with Crippen molar-refractivity contribution < 1.29 is 4.52 Å². The summed E-state index contributed by atoms with van der Waals surface area (Å²) in [6.45, 7) is 0.678. The molecule has 2 aromatic heterocycles. The fourth-order valence-electron chi connectivity index (χ4n) is 3.06. The third kappa shape index (κ3) is 3.15. The van der Waals surface area contributed by atoms with Gasteiger partial charge in [0.1, 0.15) is 0 Å². The number of aromatic amines is 1.